The van der Waals surface area contributed by atoms with Gasteiger partial charge >= 0.3 is 5.97 Å². The van der Waals surface area contributed by atoms with Gasteiger partial charge in [-0.1, -0.05) is 19.4 Å². The van der Waals surface area contributed by atoms with Gasteiger partial charge in [-0.15, -0.1) is 0 Å². The highest BCUT2D eigenvalue weighted by atomic mass is 16.4. The highest BCUT2D eigenvalue weighted by molar-refractivity contribution is 5.86. The van der Waals surface area contributed by atoms with Gasteiger partial charge in [-0.05, 0) is 18.9 Å². The second-order valence-corrected chi connectivity index (χ2v) is 3.05. The number of hydrogen-bond acceptors (Lipinski definition) is 2. The monoisotopic (exact) mass is 199 g/mol. The Morgan fingerprint density at radius 3 is 2.43 bits per heavy atom. The topological polar surface area (TPSA) is 66.4 Å². The van der Waals surface area contributed by atoms with Gasteiger partial charge in [-0.3, -0.25) is 9.59 Å². The van der Waals surface area contributed by atoms with Crippen LogP contribution < -0.4 is 5.32 Å². The summed E-state index contributed by atoms with van der Waals surface area (Å²) in [4.78, 5) is 20.8. The van der Waals surface area contributed by atoms with Gasteiger partial charge in [-0.2, -0.15) is 0 Å². The highest BCUT2D eigenvalue weighted by Crippen LogP contribution is 2.01. The van der Waals surface area contributed by atoms with Crippen LogP contribution in [0, 0.1) is 0 Å². The van der Waals surface area contributed by atoms with E-state index < -0.39 is 5.97 Å². The molecule has 0 aromatic heterocycles. The van der Waals surface area contributed by atoms with Crippen molar-refractivity contribution < 1.29 is 14.7 Å². The molecule has 0 aliphatic carbocycles. The largest absolute Gasteiger partial charge is 0.481 e. The van der Waals surface area contributed by atoms with Crippen molar-refractivity contribution in [3.63, 3.8) is 0 Å². The number of carbonyl (C=O) groups excluding carboxylic acids is 1. The summed E-state index contributed by atoms with van der Waals surface area (Å²) in [5.74, 6) is -0.902. The van der Waals surface area contributed by atoms with Crippen molar-refractivity contribution in [1.82, 2.24) is 5.32 Å². The van der Waals surface area contributed by atoms with Gasteiger partial charge in [0, 0.05) is 13.0 Å². The average molecular weight is 199 g/mol. The first kappa shape index (κ1) is 12.7. The van der Waals surface area contributed by atoms with Gasteiger partial charge in [0.25, 0.3) is 0 Å². The number of unbranched alkanes of at least 4 members (excludes halogenated alkanes) is 3. The maximum atomic E-state index is 10.7. The summed E-state index contributed by atoms with van der Waals surface area (Å²) in [6, 6.07) is 0. The number of rotatable bonds is 8. The minimum atomic E-state index is -0.745. The molecule has 14 heavy (non-hydrogen) atoms. The molecule has 0 saturated heterocycles. The quantitative estimate of drug-likeness (QED) is 0.457. The van der Waals surface area contributed by atoms with E-state index in [4.69, 9.17) is 5.11 Å². The van der Waals surface area contributed by atoms with Crippen molar-refractivity contribution in [2.45, 2.75) is 32.1 Å². The third kappa shape index (κ3) is 8.77. The van der Waals surface area contributed by atoms with Crippen molar-refractivity contribution in [2.24, 2.45) is 0 Å². The van der Waals surface area contributed by atoms with Crippen molar-refractivity contribution in [2.75, 3.05) is 6.54 Å². The molecule has 2 N–H and O–H groups in total. The van der Waals surface area contributed by atoms with Crippen LogP contribution in [0.2, 0.25) is 0 Å². The van der Waals surface area contributed by atoms with Crippen molar-refractivity contribution in [3.05, 3.63) is 12.7 Å². The molecule has 0 unspecified atom stereocenters. The van der Waals surface area contributed by atoms with E-state index in [0.29, 0.717) is 13.0 Å². The highest BCUT2D eigenvalue weighted by Gasteiger charge is 1.96. The van der Waals surface area contributed by atoms with E-state index >= 15 is 0 Å². The molecule has 4 nitrogen and oxygen atoms in total. The van der Waals surface area contributed by atoms with Crippen LogP contribution in [0.25, 0.3) is 0 Å². The summed E-state index contributed by atoms with van der Waals surface area (Å²) in [5.41, 5.74) is 0. The summed E-state index contributed by atoms with van der Waals surface area (Å²) < 4.78 is 0. The number of nitrogens with one attached hydrogen (secondary N) is 1. The fraction of sp³-hybridized carbons (Fsp3) is 0.600. The molecule has 0 aromatic carbocycles. The van der Waals surface area contributed by atoms with Gasteiger partial charge < -0.3 is 10.4 Å². The van der Waals surface area contributed by atoms with E-state index in [-0.39, 0.29) is 12.3 Å². The molecule has 0 saturated carbocycles. The summed E-state index contributed by atoms with van der Waals surface area (Å²) >= 11 is 0. The van der Waals surface area contributed by atoms with Crippen LogP contribution >= 0.6 is 0 Å². The third-order valence-corrected chi connectivity index (χ3v) is 1.80. The molecule has 0 spiro atoms. The first-order valence-electron chi connectivity index (χ1n) is 4.79. The number of carbonyl (C=O) groups is 2. The lowest BCUT2D eigenvalue weighted by Gasteiger charge is -2.01. The van der Waals surface area contributed by atoms with E-state index in [1.54, 1.807) is 0 Å². The molecule has 0 rings (SSSR count). The summed E-state index contributed by atoms with van der Waals surface area (Å²) in [6.45, 7) is 3.97. The van der Waals surface area contributed by atoms with Crippen LogP contribution in [-0.2, 0) is 9.59 Å². The van der Waals surface area contributed by atoms with E-state index in [0.717, 1.165) is 19.3 Å². The Morgan fingerprint density at radius 2 is 1.86 bits per heavy atom. The zero-order valence-electron chi connectivity index (χ0n) is 8.29. The predicted octanol–water partition coefficient (Wildman–Crippen LogP) is 1.32. The molecule has 0 aliphatic heterocycles. The van der Waals surface area contributed by atoms with Crippen LogP contribution in [0.5, 0.6) is 0 Å². The Morgan fingerprint density at radius 1 is 1.21 bits per heavy atom. The number of hydrogen-bond donors (Lipinski definition) is 2. The minimum Gasteiger partial charge on any atom is -0.481 e. The third-order valence-electron chi connectivity index (χ3n) is 1.80. The maximum absolute atomic E-state index is 10.7. The lowest BCUT2D eigenvalue weighted by molar-refractivity contribution is -0.137. The molecular formula is C10H17NO3. The average Bonchev–Trinajstić information content (AvgIpc) is 2.15. The smallest absolute Gasteiger partial charge is 0.303 e. The molecule has 0 aliphatic rings. The van der Waals surface area contributed by atoms with E-state index in [1.165, 1.54) is 6.08 Å². The molecule has 1 amide bonds. The van der Waals surface area contributed by atoms with Gasteiger partial charge in [0.2, 0.25) is 5.91 Å². The Hall–Kier alpha value is -1.32. The van der Waals surface area contributed by atoms with Gasteiger partial charge in [0.15, 0.2) is 0 Å². The van der Waals surface area contributed by atoms with Crippen molar-refractivity contribution in [3.8, 4) is 0 Å². The Labute approximate surface area is 84.0 Å². The normalized spacial score (nSPS) is 9.43. The first-order chi connectivity index (χ1) is 6.66. The zero-order chi connectivity index (χ0) is 10.8. The Bertz CT molecular complexity index is 202. The molecular weight excluding hydrogens is 182 g/mol. The standard InChI is InChI=1S/C10H17NO3/c1-2-9(12)11-8-6-4-3-5-7-10(13)14/h2H,1,3-8H2,(H,11,12)(H,13,14). The molecule has 0 fully saturated rings. The first-order valence-corrected chi connectivity index (χ1v) is 4.79. The molecule has 80 valence electrons. The fourth-order valence-corrected chi connectivity index (χ4v) is 1.04. The minimum absolute atomic E-state index is 0.157. The molecule has 0 heterocycles. The van der Waals surface area contributed by atoms with E-state index in [9.17, 15) is 9.59 Å². The van der Waals surface area contributed by atoms with Crippen LogP contribution in [0.1, 0.15) is 32.1 Å². The van der Waals surface area contributed by atoms with E-state index in [1.807, 2.05) is 0 Å². The van der Waals surface area contributed by atoms with Crippen LogP contribution in [-0.4, -0.2) is 23.5 Å². The van der Waals surface area contributed by atoms with E-state index in [2.05, 4.69) is 11.9 Å². The zero-order valence-corrected chi connectivity index (χ0v) is 8.29. The lowest BCUT2D eigenvalue weighted by Crippen LogP contribution is -2.21. The molecule has 4 heteroatoms. The van der Waals surface area contributed by atoms with Gasteiger partial charge in [-0.25, -0.2) is 0 Å². The Balaban J connectivity index is 3.10. The molecule has 0 atom stereocenters. The Kier molecular flexibility index (Phi) is 7.50. The van der Waals surface area contributed by atoms with Crippen LogP contribution in [0.4, 0.5) is 0 Å². The number of carboxylic acid groups (broad SMARTS) is 1. The lowest BCUT2D eigenvalue weighted by atomic mass is 10.1. The van der Waals surface area contributed by atoms with Gasteiger partial charge in [0.05, 0.1) is 0 Å². The second kappa shape index (κ2) is 8.29. The number of amides is 1. The van der Waals surface area contributed by atoms with Gasteiger partial charge in [0.1, 0.15) is 0 Å². The maximum Gasteiger partial charge on any atom is 0.303 e. The number of carboxylic acids is 1. The predicted molar refractivity (Wildman–Crippen MR) is 53.9 cm³/mol. The van der Waals surface area contributed by atoms with Crippen molar-refractivity contribution in [1.29, 1.82) is 0 Å². The molecule has 0 radical (unpaired) electrons. The summed E-state index contributed by atoms with van der Waals surface area (Å²) in [7, 11) is 0. The summed E-state index contributed by atoms with van der Waals surface area (Å²) in [6.07, 6.45) is 4.92. The fourth-order valence-electron chi connectivity index (χ4n) is 1.04. The number of aliphatic carboxylic acids is 1. The van der Waals surface area contributed by atoms with Crippen molar-refractivity contribution >= 4 is 11.9 Å². The SMILES string of the molecule is C=CC(=O)NCCCCCCC(=O)O. The molecule has 0 aromatic rings. The second-order valence-electron chi connectivity index (χ2n) is 3.05. The van der Waals surface area contributed by atoms with Crippen LogP contribution in [0.15, 0.2) is 12.7 Å². The summed E-state index contributed by atoms with van der Waals surface area (Å²) in [5, 5.41) is 11.0. The molecule has 0 bridgehead atoms. The van der Waals surface area contributed by atoms with Crippen LogP contribution in [0.3, 0.4) is 0 Å².